The highest BCUT2D eigenvalue weighted by atomic mass is 16.4. The van der Waals surface area contributed by atoms with E-state index in [0.717, 1.165) is 19.3 Å². The Morgan fingerprint density at radius 1 is 1.38 bits per heavy atom. The van der Waals surface area contributed by atoms with Gasteiger partial charge in [0.25, 0.3) is 0 Å². The predicted octanol–water partition coefficient (Wildman–Crippen LogP) is 1.53. The van der Waals surface area contributed by atoms with E-state index in [2.05, 4.69) is 15.3 Å². The summed E-state index contributed by atoms with van der Waals surface area (Å²) in [6.45, 7) is 0. The monoisotopic (exact) mass is 221 g/mol. The molecule has 1 saturated carbocycles. The lowest BCUT2D eigenvalue weighted by Gasteiger charge is -2.27. The zero-order valence-electron chi connectivity index (χ0n) is 8.97. The van der Waals surface area contributed by atoms with Crippen molar-refractivity contribution in [2.75, 3.05) is 5.32 Å². The third-order valence-corrected chi connectivity index (χ3v) is 2.92. The minimum Gasteiger partial charge on any atom is -0.481 e. The van der Waals surface area contributed by atoms with E-state index >= 15 is 0 Å². The van der Waals surface area contributed by atoms with E-state index in [1.807, 2.05) is 0 Å². The van der Waals surface area contributed by atoms with Crippen molar-refractivity contribution in [2.45, 2.75) is 31.7 Å². The maximum atomic E-state index is 10.9. The van der Waals surface area contributed by atoms with Gasteiger partial charge in [0.05, 0.1) is 5.92 Å². The zero-order chi connectivity index (χ0) is 11.4. The summed E-state index contributed by atoms with van der Waals surface area (Å²) in [7, 11) is 0. The number of nitrogens with zero attached hydrogens (tertiary/aromatic N) is 2. The molecule has 1 aliphatic rings. The second kappa shape index (κ2) is 4.92. The number of aliphatic carboxylic acids is 1. The summed E-state index contributed by atoms with van der Waals surface area (Å²) < 4.78 is 0. The molecule has 1 aromatic heterocycles. The maximum absolute atomic E-state index is 10.9. The average molecular weight is 221 g/mol. The number of carboxylic acid groups (broad SMARTS) is 1. The lowest BCUT2D eigenvalue weighted by molar-refractivity contribution is -0.142. The van der Waals surface area contributed by atoms with Crippen LogP contribution in [0.15, 0.2) is 18.5 Å². The summed E-state index contributed by atoms with van der Waals surface area (Å²) in [6.07, 6.45) is 6.72. The van der Waals surface area contributed by atoms with Crippen molar-refractivity contribution in [1.29, 1.82) is 0 Å². The van der Waals surface area contributed by atoms with E-state index in [9.17, 15) is 4.79 Å². The summed E-state index contributed by atoms with van der Waals surface area (Å²) in [5.74, 6) is -0.339. The van der Waals surface area contributed by atoms with Crippen LogP contribution in [0, 0.1) is 5.92 Å². The Bertz CT molecular complexity index is 356. The van der Waals surface area contributed by atoms with Gasteiger partial charge in [-0.15, -0.1) is 0 Å². The number of hydrogen-bond donors (Lipinski definition) is 2. The fourth-order valence-corrected chi connectivity index (χ4v) is 2.10. The van der Waals surface area contributed by atoms with Crippen LogP contribution in [-0.2, 0) is 4.79 Å². The SMILES string of the molecule is O=C(O)[C@H]1CCC[C@@H](Nc2ncccn2)C1. The fourth-order valence-electron chi connectivity index (χ4n) is 2.10. The lowest BCUT2D eigenvalue weighted by atomic mass is 9.86. The first kappa shape index (κ1) is 10.9. The second-order valence-electron chi connectivity index (χ2n) is 4.12. The molecule has 0 amide bonds. The van der Waals surface area contributed by atoms with Crippen LogP contribution in [0.25, 0.3) is 0 Å². The van der Waals surface area contributed by atoms with Crippen LogP contribution >= 0.6 is 0 Å². The summed E-state index contributed by atoms with van der Waals surface area (Å²) in [4.78, 5) is 19.0. The molecular formula is C11H15N3O2. The Hall–Kier alpha value is -1.65. The van der Waals surface area contributed by atoms with Crippen LogP contribution in [0.4, 0.5) is 5.95 Å². The topological polar surface area (TPSA) is 75.1 Å². The molecule has 0 bridgehead atoms. The average Bonchev–Trinajstić information content (AvgIpc) is 2.30. The van der Waals surface area contributed by atoms with Crippen molar-refractivity contribution in [1.82, 2.24) is 9.97 Å². The molecule has 1 heterocycles. The minimum atomic E-state index is -0.694. The van der Waals surface area contributed by atoms with Crippen molar-refractivity contribution in [2.24, 2.45) is 5.92 Å². The summed E-state index contributed by atoms with van der Waals surface area (Å²) in [5, 5.41) is 12.1. The fraction of sp³-hybridized carbons (Fsp3) is 0.545. The van der Waals surface area contributed by atoms with Gasteiger partial charge in [0.2, 0.25) is 5.95 Å². The molecule has 0 saturated heterocycles. The molecule has 1 aromatic rings. The number of aromatic nitrogens is 2. The van der Waals surface area contributed by atoms with Gasteiger partial charge in [0.1, 0.15) is 0 Å². The van der Waals surface area contributed by atoms with Gasteiger partial charge in [0, 0.05) is 18.4 Å². The third-order valence-electron chi connectivity index (χ3n) is 2.92. The largest absolute Gasteiger partial charge is 0.481 e. The number of anilines is 1. The molecule has 5 nitrogen and oxygen atoms in total. The molecule has 2 rings (SSSR count). The van der Waals surface area contributed by atoms with Gasteiger partial charge in [-0.05, 0) is 25.3 Å². The quantitative estimate of drug-likeness (QED) is 0.809. The van der Waals surface area contributed by atoms with Crippen LogP contribution in [0.5, 0.6) is 0 Å². The van der Waals surface area contributed by atoms with Crippen LogP contribution in [-0.4, -0.2) is 27.1 Å². The molecule has 2 atom stereocenters. The van der Waals surface area contributed by atoms with Gasteiger partial charge in [-0.25, -0.2) is 9.97 Å². The first-order chi connectivity index (χ1) is 7.75. The Labute approximate surface area is 93.9 Å². The molecule has 0 spiro atoms. The summed E-state index contributed by atoms with van der Waals surface area (Å²) in [5.41, 5.74) is 0. The highest BCUT2D eigenvalue weighted by molar-refractivity contribution is 5.70. The van der Waals surface area contributed by atoms with Crippen molar-refractivity contribution in [3.8, 4) is 0 Å². The van der Waals surface area contributed by atoms with Crippen molar-refractivity contribution in [3.63, 3.8) is 0 Å². The molecule has 86 valence electrons. The van der Waals surface area contributed by atoms with Crippen molar-refractivity contribution < 1.29 is 9.90 Å². The van der Waals surface area contributed by atoms with E-state index in [-0.39, 0.29) is 12.0 Å². The summed E-state index contributed by atoms with van der Waals surface area (Å²) >= 11 is 0. The number of carboxylic acids is 1. The molecular weight excluding hydrogens is 206 g/mol. The van der Waals surface area contributed by atoms with Crippen molar-refractivity contribution >= 4 is 11.9 Å². The van der Waals surface area contributed by atoms with E-state index in [4.69, 9.17) is 5.11 Å². The van der Waals surface area contributed by atoms with Crippen molar-refractivity contribution in [3.05, 3.63) is 18.5 Å². The molecule has 0 radical (unpaired) electrons. The number of hydrogen-bond acceptors (Lipinski definition) is 4. The highest BCUT2D eigenvalue weighted by Gasteiger charge is 2.27. The first-order valence-electron chi connectivity index (χ1n) is 5.52. The Morgan fingerprint density at radius 3 is 2.81 bits per heavy atom. The lowest BCUT2D eigenvalue weighted by Crippen LogP contribution is -2.31. The van der Waals surface area contributed by atoms with Crippen LogP contribution in [0.1, 0.15) is 25.7 Å². The molecule has 1 fully saturated rings. The molecule has 0 unspecified atom stereocenters. The van der Waals surface area contributed by atoms with Crippen LogP contribution in [0.3, 0.4) is 0 Å². The van der Waals surface area contributed by atoms with Gasteiger partial charge in [-0.2, -0.15) is 0 Å². The first-order valence-corrected chi connectivity index (χ1v) is 5.52. The molecule has 0 aromatic carbocycles. The smallest absolute Gasteiger partial charge is 0.306 e. The van der Waals surface area contributed by atoms with Crippen LogP contribution in [0.2, 0.25) is 0 Å². The predicted molar refractivity (Wildman–Crippen MR) is 59.0 cm³/mol. The van der Waals surface area contributed by atoms with Gasteiger partial charge in [0.15, 0.2) is 0 Å². The molecule has 2 N–H and O–H groups in total. The van der Waals surface area contributed by atoms with E-state index in [1.54, 1.807) is 18.5 Å². The number of carbonyl (C=O) groups is 1. The Kier molecular flexibility index (Phi) is 3.34. The van der Waals surface area contributed by atoms with Gasteiger partial charge in [-0.1, -0.05) is 6.42 Å². The Morgan fingerprint density at radius 2 is 2.12 bits per heavy atom. The normalized spacial score (nSPS) is 25.0. The zero-order valence-corrected chi connectivity index (χ0v) is 8.97. The molecule has 1 aliphatic carbocycles. The highest BCUT2D eigenvalue weighted by Crippen LogP contribution is 2.25. The standard InChI is InChI=1S/C11H15N3O2/c15-10(16)8-3-1-4-9(7-8)14-11-12-5-2-6-13-11/h2,5-6,8-9H,1,3-4,7H2,(H,15,16)(H,12,13,14)/t8-,9+/m0/s1. The number of rotatable bonds is 3. The maximum Gasteiger partial charge on any atom is 0.306 e. The van der Waals surface area contributed by atoms with Gasteiger partial charge in [-0.3, -0.25) is 4.79 Å². The Balaban J connectivity index is 1.93. The molecule has 16 heavy (non-hydrogen) atoms. The number of nitrogens with one attached hydrogen (secondary N) is 1. The summed E-state index contributed by atoms with van der Waals surface area (Å²) in [6, 6.07) is 1.93. The van der Waals surface area contributed by atoms with E-state index in [1.165, 1.54) is 0 Å². The molecule has 0 aliphatic heterocycles. The third kappa shape index (κ3) is 2.68. The second-order valence-corrected chi connectivity index (χ2v) is 4.12. The van der Waals surface area contributed by atoms with E-state index < -0.39 is 5.97 Å². The van der Waals surface area contributed by atoms with E-state index in [0.29, 0.717) is 12.4 Å². The van der Waals surface area contributed by atoms with Crippen LogP contribution < -0.4 is 5.32 Å². The minimum absolute atomic E-state index is 0.178. The molecule has 5 heteroatoms. The van der Waals surface area contributed by atoms with Gasteiger partial charge < -0.3 is 10.4 Å². The van der Waals surface area contributed by atoms with Gasteiger partial charge >= 0.3 is 5.97 Å².